The van der Waals surface area contributed by atoms with Crippen LogP contribution in [0.25, 0.3) is 6.08 Å². The average molecular weight is 529 g/mol. The van der Waals surface area contributed by atoms with Gasteiger partial charge in [0.1, 0.15) is 12.4 Å². The highest BCUT2D eigenvalue weighted by molar-refractivity contribution is 14.1. The fourth-order valence-electron chi connectivity index (χ4n) is 3.05. The summed E-state index contributed by atoms with van der Waals surface area (Å²) in [6, 6.07) is 19.3. The van der Waals surface area contributed by atoms with E-state index in [1.54, 1.807) is 43.5 Å². The molecule has 3 aromatic carbocycles. The summed E-state index contributed by atoms with van der Waals surface area (Å²) in [6.45, 7) is 0.321. The van der Waals surface area contributed by atoms with E-state index in [4.69, 9.17) is 14.2 Å². The predicted molar refractivity (Wildman–Crippen MR) is 123 cm³/mol. The van der Waals surface area contributed by atoms with Crippen molar-refractivity contribution in [2.45, 2.75) is 6.61 Å². The fraction of sp³-hybridized carbons (Fsp3) is 0.0833. The molecule has 4 rings (SSSR count). The molecule has 0 unspecified atom stereocenters. The highest BCUT2D eigenvalue weighted by atomic mass is 127. The molecule has 0 atom stereocenters. The standard InChI is InChI=1S/C24H17FINO4/c1-29-21-11-5-7-16(22(21)30-14-15-6-4-8-17(26)12-15)13-20-24(28)31-23(27-20)18-9-2-3-10-19(18)25/h2-13H,14H2,1H3/b20-13-. The zero-order valence-corrected chi connectivity index (χ0v) is 18.6. The number of hydrogen-bond donors (Lipinski definition) is 0. The second-order valence-corrected chi connectivity index (χ2v) is 7.86. The van der Waals surface area contributed by atoms with Crippen molar-refractivity contribution in [1.82, 2.24) is 0 Å². The maximum absolute atomic E-state index is 14.0. The summed E-state index contributed by atoms with van der Waals surface area (Å²) in [5.41, 5.74) is 1.76. The number of methoxy groups -OCH3 is 1. The molecule has 0 aliphatic carbocycles. The van der Waals surface area contributed by atoms with Gasteiger partial charge in [-0.1, -0.05) is 36.4 Å². The lowest BCUT2D eigenvalue weighted by atomic mass is 10.1. The predicted octanol–water partition coefficient (Wildman–Crippen LogP) is 5.36. The number of nitrogens with zero attached hydrogens (tertiary/aromatic N) is 1. The first-order valence-corrected chi connectivity index (χ1v) is 10.4. The van der Waals surface area contributed by atoms with E-state index in [-0.39, 0.29) is 17.2 Å². The van der Waals surface area contributed by atoms with Gasteiger partial charge in [-0.3, -0.25) is 0 Å². The van der Waals surface area contributed by atoms with Crippen LogP contribution in [0.3, 0.4) is 0 Å². The van der Waals surface area contributed by atoms with Gasteiger partial charge in [0, 0.05) is 9.13 Å². The Morgan fingerprint density at radius 2 is 1.90 bits per heavy atom. The van der Waals surface area contributed by atoms with E-state index in [9.17, 15) is 9.18 Å². The van der Waals surface area contributed by atoms with E-state index in [0.29, 0.717) is 23.7 Å². The first-order valence-electron chi connectivity index (χ1n) is 9.37. The Labute approximate surface area is 192 Å². The first-order chi connectivity index (χ1) is 15.0. The molecule has 31 heavy (non-hydrogen) atoms. The molecule has 0 saturated carbocycles. The minimum absolute atomic E-state index is 0.0469. The minimum atomic E-state index is -0.662. The van der Waals surface area contributed by atoms with Crippen LogP contribution in [-0.4, -0.2) is 19.0 Å². The lowest BCUT2D eigenvalue weighted by Crippen LogP contribution is -2.07. The Morgan fingerprint density at radius 3 is 2.68 bits per heavy atom. The van der Waals surface area contributed by atoms with Crippen molar-refractivity contribution in [2.75, 3.05) is 7.11 Å². The number of aliphatic imine (C=N–C) groups is 1. The molecule has 0 spiro atoms. The number of rotatable bonds is 6. The maximum atomic E-state index is 14.0. The van der Waals surface area contributed by atoms with Crippen molar-refractivity contribution in [3.05, 3.63) is 98.5 Å². The molecule has 0 saturated heterocycles. The van der Waals surface area contributed by atoms with Gasteiger partial charge in [-0.25, -0.2) is 14.2 Å². The van der Waals surface area contributed by atoms with Crippen LogP contribution in [-0.2, 0) is 16.1 Å². The third kappa shape index (κ3) is 4.77. The number of benzene rings is 3. The zero-order valence-electron chi connectivity index (χ0n) is 16.5. The third-order valence-corrected chi connectivity index (χ3v) is 5.19. The van der Waals surface area contributed by atoms with E-state index in [1.165, 1.54) is 12.1 Å². The smallest absolute Gasteiger partial charge is 0.363 e. The highest BCUT2D eigenvalue weighted by Gasteiger charge is 2.26. The molecular formula is C24H17FINO4. The van der Waals surface area contributed by atoms with Gasteiger partial charge in [-0.15, -0.1) is 0 Å². The molecule has 0 bridgehead atoms. The van der Waals surface area contributed by atoms with E-state index in [0.717, 1.165) is 9.13 Å². The van der Waals surface area contributed by atoms with Crippen molar-refractivity contribution in [2.24, 2.45) is 4.99 Å². The molecule has 7 heteroatoms. The summed E-state index contributed by atoms with van der Waals surface area (Å²) >= 11 is 2.24. The molecule has 0 amide bonds. The molecule has 5 nitrogen and oxygen atoms in total. The summed E-state index contributed by atoms with van der Waals surface area (Å²) in [4.78, 5) is 16.5. The van der Waals surface area contributed by atoms with Crippen LogP contribution in [0.5, 0.6) is 11.5 Å². The lowest BCUT2D eigenvalue weighted by molar-refractivity contribution is -0.129. The van der Waals surface area contributed by atoms with Crippen molar-refractivity contribution in [3.8, 4) is 11.5 Å². The van der Waals surface area contributed by atoms with Crippen LogP contribution in [0.1, 0.15) is 16.7 Å². The summed E-state index contributed by atoms with van der Waals surface area (Å²) in [6.07, 6.45) is 1.54. The quantitative estimate of drug-likeness (QED) is 0.245. The molecule has 1 aliphatic rings. The van der Waals surface area contributed by atoms with Crippen LogP contribution in [0, 0.1) is 9.39 Å². The molecule has 3 aromatic rings. The van der Waals surface area contributed by atoms with Crippen LogP contribution < -0.4 is 9.47 Å². The van der Waals surface area contributed by atoms with Crippen molar-refractivity contribution < 1.29 is 23.4 Å². The van der Waals surface area contributed by atoms with Crippen molar-refractivity contribution in [3.63, 3.8) is 0 Å². The Bertz CT molecular complexity index is 1210. The number of esters is 1. The van der Waals surface area contributed by atoms with Gasteiger partial charge in [-0.05, 0) is 64.6 Å². The van der Waals surface area contributed by atoms with Crippen molar-refractivity contribution >= 4 is 40.5 Å². The van der Waals surface area contributed by atoms with E-state index in [2.05, 4.69) is 27.6 Å². The topological polar surface area (TPSA) is 57.1 Å². The number of hydrogen-bond acceptors (Lipinski definition) is 5. The minimum Gasteiger partial charge on any atom is -0.493 e. The maximum Gasteiger partial charge on any atom is 0.363 e. The summed E-state index contributed by atoms with van der Waals surface area (Å²) < 4.78 is 31.8. The average Bonchev–Trinajstić information content (AvgIpc) is 3.13. The van der Waals surface area contributed by atoms with Gasteiger partial charge in [0.15, 0.2) is 17.2 Å². The SMILES string of the molecule is COc1cccc(/C=C2\N=C(c3ccccc3F)OC2=O)c1OCc1cccc(I)c1. The number of halogens is 2. The van der Waals surface area contributed by atoms with Gasteiger partial charge < -0.3 is 14.2 Å². The second kappa shape index (κ2) is 9.30. The monoisotopic (exact) mass is 529 g/mol. The Balaban J connectivity index is 1.67. The van der Waals surface area contributed by atoms with Gasteiger partial charge in [-0.2, -0.15) is 0 Å². The van der Waals surface area contributed by atoms with E-state index < -0.39 is 11.8 Å². The number of cyclic esters (lactones) is 1. The van der Waals surface area contributed by atoms with Crippen LogP contribution in [0.2, 0.25) is 0 Å². The third-order valence-electron chi connectivity index (χ3n) is 4.52. The Kier molecular flexibility index (Phi) is 6.31. The zero-order chi connectivity index (χ0) is 21.8. The van der Waals surface area contributed by atoms with E-state index in [1.807, 2.05) is 24.3 Å². The molecule has 1 aliphatic heterocycles. The number of carbonyl (C=O) groups is 1. The Hall–Kier alpha value is -3.20. The van der Waals surface area contributed by atoms with Crippen LogP contribution in [0.15, 0.2) is 77.4 Å². The molecule has 0 radical (unpaired) electrons. The highest BCUT2D eigenvalue weighted by Crippen LogP contribution is 2.34. The summed E-state index contributed by atoms with van der Waals surface area (Å²) in [5, 5.41) is 0. The van der Waals surface area contributed by atoms with Gasteiger partial charge in [0.25, 0.3) is 0 Å². The van der Waals surface area contributed by atoms with Crippen LogP contribution >= 0.6 is 22.6 Å². The molecule has 1 heterocycles. The van der Waals surface area contributed by atoms with E-state index >= 15 is 0 Å². The van der Waals surface area contributed by atoms with Crippen molar-refractivity contribution in [1.29, 1.82) is 0 Å². The van der Waals surface area contributed by atoms with Gasteiger partial charge >= 0.3 is 5.97 Å². The summed E-state index contributed by atoms with van der Waals surface area (Å²) in [5.74, 6) is -0.259. The summed E-state index contributed by atoms with van der Waals surface area (Å²) in [7, 11) is 1.54. The molecule has 0 N–H and O–H groups in total. The number of carbonyl (C=O) groups excluding carboxylic acids is 1. The molecule has 0 fully saturated rings. The van der Waals surface area contributed by atoms with Crippen LogP contribution in [0.4, 0.5) is 4.39 Å². The molecule has 156 valence electrons. The van der Waals surface area contributed by atoms with Gasteiger partial charge in [0.05, 0.1) is 12.7 Å². The first kappa shape index (κ1) is 21.0. The fourth-order valence-corrected chi connectivity index (χ4v) is 3.66. The molecular weight excluding hydrogens is 512 g/mol. The number of para-hydroxylation sites is 1. The molecule has 0 aromatic heterocycles. The second-order valence-electron chi connectivity index (χ2n) is 6.61. The largest absolute Gasteiger partial charge is 0.493 e. The van der Waals surface area contributed by atoms with Gasteiger partial charge in [0.2, 0.25) is 5.90 Å². The Morgan fingerprint density at radius 1 is 1.10 bits per heavy atom. The number of ether oxygens (including phenoxy) is 3. The normalized spacial score (nSPS) is 14.4. The lowest BCUT2D eigenvalue weighted by Gasteiger charge is -2.13.